The predicted octanol–water partition coefficient (Wildman–Crippen LogP) is 2.42. The maximum Gasteiger partial charge on any atom is 0.320 e. The topological polar surface area (TPSA) is 46.6 Å². The molecule has 0 saturated carbocycles. The maximum atomic E-state index is 11.9. The first-order valence-electron chi connectivity index (χ1n) is 6.74. The molecule has 0 bridgehead atoms. The Labute approximate surface area is 120 Å². The summed E-state index contributed by atoms with van der Waals surface area (Å²) in [6.07, 6.45) is 0. The van der Waals surface area contributed by atoms with Crippen LogP contribution in [-0.4, -0.2) is 35.3 Å². The van der Waals surface area contributed by atoms with Crippen LogP contribution in [-0.2, 0) is 20.9 Å². The highest BCUT2D eigenvalue weighted by atomic mass is 16.6. The number of nitrogens with zero attached hydrogens (tertiary/aromatic N) is 1. The summed E-state index contributed by atoms with van der Waals surface area (Å²) in [6, 6.07) is 9.76. The van der Waals surface area contributed by atoms with E-state index in [9.17, 15) is 9.59 Å². The molecule has 0 atom stereocenters. The fourth-order valence-electron chi connectivity index (χ4n) is 1.88. The molecule has 0 radical (unpaired) electrons. The van der Waals surface area contributed by atoms with Crippen LogP contribution in [0.4, 0.5) is 0 Å². The Morgan fingerprint density at radius 1 is 1.10 bits per heavy atom. The molecule has 1 aromatic rings. The number of esters is 1. The molecule has 0 unspecified atom stereocenters. The molecule has 4 heteroatoms. The Balaban J connectivity index is 2.65. The third-order valence-electron chi connectivity index (χ3n) is 2.47. The fourth-order valence-corrected chi connectivity index (χ4v) is 1.88. The highest BCUT2D eigenvalue weighted by Crippen LogP contribution is 2.09. The predicted molar refractivity (Wildman–Crippen MR) is 78.2 cm³/mol. The molecule has 0 fully saturated rings. The highest BCUT2D eigenvalue weighted by Gasteiger charge is 2.19. The van der Waals surface area contributed by atoms with Crippen LogP contribution in [0.2, 0.25) is 0 Å². The van der Waals surface area contributed by atoms with Crippen LogP contribution < -0.4 is 0 Å². The van der Waals surface area contributed by atoms with E-state index in [1.165, 1.54) is 6.92 Å². The smallest absolute Gasteiger partial charge is 0.320 e. The number of ketones is 1. The van der Waals surface area contributed by atoms with E-state index in [0.29, 0.717) is 6.54 Å². The van der Waals surface area contributed by atoms with Crippen molar-refractivity contribution >= 4 is 11.8 Å². The van der Waals surface area contributed by atoms with E-state index in [2.05, 4.69) is 0 Å². The molecular formula is C16H23NO3. The van der Waals surface area contributed by atoms with Crippen molar-refractivity contribution in [3.8, 4) is 0 Å². The van der Waals surface area contributed by atoms with E-state index in [-0.39, 0.29) is 24.8 Å². The van der Waals surface area contributed by atoms with Crippen molar-refractivity contribution in [2.75, 3.05) is 13.1 Å². The van der Waals surface area contributed by atoms with Crippen molar-refractivity contribution in [3.63, 3.8) is 0 Å². The molecular weight excluding hydrogens is 254 g/mol. The number of ether oxygens (including phenoxy) is 1. The average molecular weight is 277 g/mol. The van der Waals surface area contributed by atoms with Crippen molar-refractivity contribution in [1.82, 2.24) is 4.90 Å². The van der Waals surface area contributed by atoms with E-state index in [1.807, 2.05) is 51.1 Å². The van der Waals surface area contributed by atoms with Gasteiger partial charge in [0.05, 0.1) is 13.1 Å². The van der Waals surface area contributed by atoms with E-state index >= 15 is 0 Å². The largest absolute Gasteiger partial charge is 0.459 e. The Bertz CT molecular complexity index is 449. The van der Waals surface area contributed by atoms with Crippen molar-refractivity contribution in [2.45, 2.75) is 39.8 Å². The molecule has 0 amide bonds. The van der Waals surface area contributed by atoms with Gasteiger partial charge in [-0.3, -0.25) is 14.5 Å². The zero-order valence-corrected chi connectivity index (χ0v) is 12.7. The monoisotopic (exact) mass is 277 g/mol. The third kappa shape index (κ3) is 7.04. The average Bonchev–Trinajstić information content (AvgIpc) is 2.26. The lowest BCUT2D eigenvalue weighted by atomic mass is 10.2. The summed E-state index contributed by atoms with van der Waals surface area (Å²) >= 11 is 0. The van der Waals surface area contributed by atoms with Crippen LogP contribution in [0.15, 0.2) is 30.3 Å². The lowest BCUT2D eigenvalue weighted by Crippen LogP contribution is -2.37. The molecule has 0 N–H and O–H groups in total. The molecule has 0 aliphatic carbocycles. The number of hydrogen-bond acceptors (Lipinski definition) is 4. The maximum absolute atomic E-state index is 11.9. The number of Topliss-reactive ketones (excluding diaryl/α,β-unsaturated/α-hetero) is 1. The van der Waals surface area contributed by atoms with Crippen LogP contribution in [0.3, 0.4) is 0 Å². The van der Waals surface area contributed by atoms with Gasteiger partial charge >= 0.3 is 5.97 Å². The fraction of sp³-hybridized carbons (Fsp3) is 0.500. The van der Waals surface area contributed by atoms with Crippen molar-refractivity contribution in [2.24, 2.45) is 0 Å². The summed E-state index contributed by atoms with van der Waals surface area (Å²) in [4.78, 5) is 25.0. The molecule has 1 aromatic carbocycles. The van der Waals surface area contributed by atoms with Gasteiger partial charge in [-0.05, 0) is 33.3 Å². The van der Waals surface area contributed by atoms with Gasteiger partial charge in [-0.2, -0.15) is 0 Å². The lowest BCUT2D eigenvalue weighted by molar-refractivity contribution is -0.156. The van der Waals surface area contributed by atoms with Gasteiger partial charge in [-0.25, -0.2) is 0 Å². The van der Waals surface area contributed by atoms with Crippen molar-refractivity contribution in [1.29, 1.82) is 0 Å². The normalized spacial score (nSPS) is 11.4. The number of hydrogen-bond donors (Lipinski definition) is 0. The van der Waals surface area contributed by atoms with E-state index in [4.69, 9.17) is 4.74 Å². The SMILES string of the molecule is CC(=O)CN(CC(=O)OC(C)(C)C)Cc1ccccc1. The van der Waals surface area contributed by atoms with Crippen molar-refractivity contribution < 1.29 is 14.3 Å². The first-order valence-corrected chi connectivity index (χ1v) is 6.74. The Morgan fingerprint density at radius 3 is 2.20 bits per heavy atom. The summed E-state index contributed by atoms with van der Waals surface area (Å²) in [5.41, 5.74) is 0.559. The van der Waals surface area contributed by atoms with Gasteiger partial charge in [0.2, 0.25) is 0 Å². The highest BCUT2D eigenvalue weighted by molar-refractivity contribution is 5.79. The van der Waals surface area contributed by atoms with E-state index in [1.54, 1.807) is 4.90 Å². The lowest BCUT2D eigenvalue weighted by Gasteiger charge is -2.24. The van der Waals surface area contributed by atoms with E-state index in [0.717, 1.165) is 5.56 Å². The zero-order chi connectivity index (χ0) is 15.2. The molecule has 0 saturated heterocycles. The molecule has 0 heterocycles. The molecule has 110 valence electrons. The molecule has 0 aromatic heterocycles. The standard InChI is InChI=1S/C16H23NO3/c1-13(18)10-17(11-14-8-6-5-7-9-14)12-15(19)20-16(2,3)4/h5-9H,10-12H2,1-4H3. The molecule has 4 nitrogen and oxygen atoms in total. The van der Waals surface area contributed by atoms with Crippen LogP contribution in [0.5, 0.6) is 0 Å². The van der Waals surface area contributed by atoms with Crippen LogP contribution in [0, 0.1) is 0 Å². The number of carbonyl (C=O) groups excluding carboxylic acids is 2. The van der Waals surface area contributed by atoms with Crippen LogP contribution in [0.25, 0.3) is 0 Å². The Hall–Kier alpha value is -1.68. The van der Waals surface area contributed by atoms with E-state index < -0.39 is 5.60 Å². The molecule has 0 aliphatic rings. The summed E-state index contributed by atoms with van der Waals surface area (Å²) in [7, 11) is 0. The molecule has 20 heavy (non-hydrogen) atoms. The van der Waals surface area contributed by atoms with Gasteiger partial charge in [-0.1, -0.05) is 30.3 Å². The molecule has 1 rings (SSSR count). The Kier molecular flexibility index (Phi) is 5.89. The van der Waals surface area contributed by atoms with Gasteiger partial charge in [-0.15, -0.1) is 0 Å². The third-order valence-corrected chi connectivity index (χ3v) is 2.47. The van der Waals surface area contributed by atoms with Gasteiger partial charge in [0, 0.05) is 6.54 Å². The molecule has 0 aliphatic heterocycles. The summed E-state index contributed by atoms with van der Waals surface area (Å²) < 4.78 is 5.30. The summed E-state index contributed by atoms with van der Waals surface area (Å²) in [5.74, 6) is -0.279. The minimum absolute atomic E-state index is 0.0319. The molecule has 0 spiro atoms. The van der Waals surface area contributed by atoms with Gasteiger partial charge < -0.3 is 4.74 Å². The first kappa shape index (κ1) is 16.4. The summed E-state index contributed by atoms with van der Waals surface area (Å²) in [5, 5.41) is 0. The Morgan fingerprint density at radius 2 is 1.70 bits per heavy atom. The zero-order valence-electron chi connectivity index (χ0n) is 12.7. The minimum Gasteiger partial charge on any atom is -0.459 e. The van der Waals surface area contributed by atoms with Crippen LogP contribution in [0.1, 0.15) is 33.3 Å². The van der Waals surface area contributed by atoms with Gasteiger partial charge in [0.15, 0.2) is 0 Å². The quantitative estimate of drug-likeness (QED) is 0.749. The minimum atomic E-state index is -0.508. The van der Waals surface area contributed by atoms with Gasteiger partial charge in [0.25, 0.3) is 0 Å². The number of rotatable bonds is 6. The van der Waals surface area contributed by atoms with Crippen LogP contribution >= 0.6 is 0 Å². The second-order valence-electron chi connectivity index (χ2n) is 5.92. The number of benzene rings is 1. The number of carbonyl (C=O) groups is 2. The van der Waals surface area contributed by atoms with Crippen molar-refractivity contribution in [3.05, 3.63) is 35.9 Å². The second kappa shape index (κ2) is 7.20. The summed E-state index contributed by atoms with van der Waals surface area (Å²) in [6.45, 7) is 7.93. The van der Waals surface area contributed by atoms with Gasteiger partial charge in [0.1, 0.15) is 11.4 Å². The first-order chi connectivity index (χ1) is 9.26. The second-order valence-corrected chi connectivity index (χ2v) is 5.92.